The highest BCUT2D eigenvalue weighted by molar-refractivity contribution is 8.00. The number of nitrogens with one attached hydrogen (secondary N) is 2. The molecule has 2 heterocycles. The van der Waals surface area contributed by atoms with E-state index in [9.17, 15) is 9.18 Å². The molecule has 0 bridgehead atoms. The van der Waals surface area contributed by atoms with Gasteiger partial charge in [-0.25, -0.2) is 13.9 Å². The predicted octanol–water partition coefficient (Wildman–Crippen LogP) is 4.74. The number of carbonyl (C=O) groups is 1. The van der Waals surface area contributed by atoms with Gasteiger partial charge in [-0.05, 0) is 74.3 Å². The van der Waals surface area contributed by atoms with Crippen molar-refractivity contribution in [3.05, 3.63) is 77.5 Å². The normalized spacial score (nSPS) is 10.4. The first kappa shape index (κ1) is 22.3. The van der Waals surface area contributed by atoms with Gasteiger partial charge in [-0.3, -0.25) is 4.79 Å². The van der Waals surface area contributed by atoms with Gasteiger partial charge in [0.2, 0.25) is 0 Å². The van der Waals surface area contributed by atoms with Gasteiger partial charge < -0.3 is 15.8 Å². The molecule has 7 nitrogen and oxygen atoms in total. The summed E-state index contributed by atoms with van der Waals surface area (Å²) in [7, 11) is 1.50. The van der Waals surface area contributed by atoms with E-state index in [1.165, 1.54) is 37.5 Å². The maximum Gasteiger partial charge on any atom is 0.158 e. The van der Waals surface area contributed by atoms with Crippen molar-refractivity contribution in [2.75, 3.05) is 17.1 Å². The molecule has 0 aliphatic rings. The van der Waals surface area contributed by atoms with Crippen molar-refractivity contribution in [3.8, 4) is 0 Å². The molecule has 0 amide bonds. The van der Waals surface area contributed by atoms with E-state index < -0.39 is 0 Å². The van der Waals surface area contributed by atoms with Crippen molar-refractivity contribution in [1.82, 2.24) is 14.6 Å². The van der Waals surface area contributed by atoms with Crippen LogP contribution >= 0.6 is 11.9 Å². The molecule has 160 valence electrons. The summed E-state index contributed by atoms with van der Waals surface area (Å²) in [5.74, 6) is 0.344. The molecule has 0 saturated heterocycles. The SMILES string of the molecule is CN.Cc1ccc(NSc2cccc(F)c2)cc1Nc1ncnn2cc(C=O)c(C)c12. The number of carbonyl (C=O) groups excluding carboxylic acids is 1. The van der Waals surface area contributed by atoms with Gasteiger partial charge in [-0.1, -0.05) is 12.1 Å². The number of aromatic nitrogens is 3. The average molecular weight is 439 g/mol. The number of anilines is 3. The van der Waals surface area contributed by atoms with Crippen LogP contribution in [0.2, 0.25) is 0 Å². The van der Waals surface area contributed by atoms with Crippen LogP contribution in [0.1, 0.15) is 21.5 Å². The van der Waals surface area contributed by atoms with Crippen molar-refractivity contribution >= 4 is 40.9 Å². The summed E-state index contributed by atoms with van der Waals surface area (Å²) in [5.41, 5.74) is 9.40. The molecule has 0 atom stereocenters. The second-order valence-corrected chi connectivity index (χ2v) is 7.42. The van der Waals surface area contributed by atoms with Crippen LogP contribution in [0, 0.1) is 19.7 Å². The van der Waals surface area contributed by atoms with Gasteiger partial charge in [-0.15, -0.1) is 0 Å². The minimum atomic E-state index is -0.270. The van der Waals surface area contributed by atoms with E-state index in [1.807, 2.05) is 38.1 Å². The van der Waals surface area contributed by atoms with Crippen LogP contribution in [-0.4, -0.2) is 27.9 Å². The van der Waals surface area contributed by atoms with Crippen LogP contribution in [0.25, 0.3) is 5.52 Å². The molecule has 0 aliphatic carbocycles. The van der Waals surface area contributed by atoms with Gasteiger partial charge >= 0.3 is 0 Å². The zero-order valence-electron chi connectivity index (χ0n) is 17.4. The Hall–Kier alpha value is -3.43. The summed E-state index contributed by atoms with van der Waals surface area (Å²) < 4.78 is 18.2. The number of aryl methyl sites for hydroxylation is 2. The number of hydrogen-bond donors (Lipinski definition) is 3. The summed E-state index contributed by atoms with van der Waals surface area (Å²) in [4.78, 5) is 16.4. The monoisotopic (exact) mass is 438 g/mol. The lowest BCUT2D eigenvalue weighted by Crippen LogP contribution is -2.01. The Morgan fingerprint density at radius 3 is 2.71 bits per heavy atom. The second-order valence-electron chi connectivity index (χ2n) is 6.55. The van der Waals surface area contributed by atoms with Crippen LogP contribution in [0.15, 0.2) is 59.9 Å². The van der Waals surface area contributed by atoms with Gasteiger partial charge in [0.25, 0.3) is 0 Å². The third-order valence-corrected chi connectivity index (χ3v) is 5.39. The highest BCUT2D eigenvalue weighted by Gasteiger charge is 2.13. The van der Waals surface area contributed by atoms with E-state index >= 15 is 0 Å². The minimum Gasteiger partial charge on any atom is -0.338 e. The maximum absolute atomic E-state index is 13.4. The number of benzene rings is 2. The molecule has 9 heteroatoms. The van der Waals surface area contributed by atoms with Crippen molar-refractivity contribution in [2.24, 2.45) is 5.73 Å². The molecule has 4 N–H and O–H groups in total. The van der Waals surface area contributed by atoms with Crippen LogP contribution in [0.5, 0.6) is 0 Å². The predicted molar refractivity (Wildman–Crippen MR) is 124 cm³/mol. The first-order valence-electron chi connectivity index (χ1n) is 9.47. The van der Waals surface area contributed by atoms with Crippen molar-refractivity contribution < 1.29 is 9.18 Å². The van der Waals surface area contributed by atoms with Gasteiger partial charge in [0.05, 0.1) is 0 Å². The van der Waals surface area contributed by atoms with Crippen molar-refractivity contribution in [1.29, 1.82) is 0 Å². The Bertz CT molecular complexity index is 1210. The van der Waals surface area contributed by atoms with Crippen molar-refractivity contribution in [2.45, 2.75) is 18.7 Å². The molecule has 4 rings (SSSR count). The molecule has 0 spiro atoms. The maximum atomic E-state index is 13.4. The Balaban J connectivity index is 0.00000132. The van der Waals surface area contributed by atoms with Crippen LogP contribution in [-0.2, 0) is 0 Å². The molecule has 0 fully saturated rings. The van der Waals surface area contributed by atoms with Crippen molar-refractivity contribution in [3.63, 3.8) is 0 Å². The number of aldehydes is 1. The fourth-order valence-electron chi connectivity index (χ4n) is 2.99. The molecule has 2 aromatic carbocycles. The third kappa shape index (κ3) is 5.01. The minimum absolute atomic E-state index is 0.270. The Labute approximate surface area is 184 Å². The Morgan fingerprint density at radius 1 is 1.16 bits per heavy atom. The van der Waals surface area contributed by atoms with E-state index in [0.717, 1.165) is 39.2 Å². The lowest BCUT2D eigenvalue weighted by atomic mass is 10.1. The lowest BCUT2D eigenvalue weighted by Gasteiger charge is -2.13. The van der Waals surface area contributed by atoms with Gasteiger partial charge in [-0.2, -0.15) is 5.10 Å². The smallest absolute Gasteiger partial charge is 0.158 e. The second kappa shape index (κ2) is 10.1. The Kier molecular flexibility index (Phi) is 7.22. The highest BCUT2D eigenvalue weighted by Crippen LogP contribution is 2.29. The zero-order chi connectivity index (χ0) is 22.4. The van der Waals surface area contributed by atoms with Crippen LogP contribution in [0.4, 0.5) is 21.6 Å². The first-order valence-corrected chi connectivity index (χ1v) is 10.3. The summed E-state index contributed by atoms with van der Waals surface area (Å²) in [6.45, 7) is 3.86. The van der Waals surface area contributed by atoms with Crippen LogP contribution in [0.3, 0.4) is 0 Å². The Morgan fingerprint density at radius 2 is 1.97 bits per heavy atom. The topological polar surface area (TPSA) is 97.3 Å². The largest absolute Gasteiger partial charge is 0.338 e. The van der Waals surface area contributed by atoms with Gasteiger partial charge in [0.15, 0.2) is 12.1 Å². The fraction of sp³-hybridized carbons (Fsp3) is 0.136. The molecule has 0 aliphatic heterocycles. The average Bonchev–Trinajstić information content (AvgIpc) is 3.12. The number of rotatable bonds is 6. The fourth-order valence-corrected chi connectivity index (χ4v) is 3.67. The van der Waals surface area contributed by atoms with Gasteiger partial charge in [0.1, 0.15) is 17.7 Å². The molecule has 2 aromatic heterocycles. The zero-order valence-corrected chi connectivity index (χ0v) is 18.2. The summed E-state index contributed by atoms with van der Waals surface area (Å²) in [6.07, 6.45) is 3.94. The quantitative estimate of drug-likeness (QED) is 0.296. The molecule has 31 heavy (non-hydrogen) atoms. The summed E-state index contributed by atoms with van der Waals surface area (Å²) in [5, 5.41) is 7.53. The number of nitrogens with zero attached hydrogens (tertiary/aromatic N) is 3. The van der Waals surface area contributed by atoms with Gasteiger partial charge in [0, 0.05) is 28.0 Å². The third-order valence-electron chi connectivity index (χ3n) is 4.57. The van der Waals surface area contributed by atoms with E-state index in [1.54, 1.807) is 16.8 Å². The van der Waals surface area contributed by atoms with E-state index in [4.69, 9.17) is 0 Å². The molecular weight excluding hydrogens is 415 g/mol. The van der Waals surface area contributed by atoms with E-state index in [2.05, 4.69) is 25.9 Å². The highest BCUT2D eigenvalue weighted by atomic mass is 32.2. The van der Waals surface area contributed by atoms with E-state index in [-0.39, 0.29) is 5.82 Å². The molecule has 0 saturated carbocycles. The lowest BCUT2D eigenvalue weighted by molar-refractivity contribution is 0.112. The summed E-state index contributed by atoms with van der Waals surface area (Å²) >= 11 is 1.33. The molecule has 0 unspecified atom stereocenters. The standard InChI is InChI=1S/C21H18FN5OS.CH5N/c1-13-6-7-17(26-29-18-5-3-4-16(22)8-18)9-19(13)25-21-20-14(2)15(11-28)10-27(20)24-12-23-21;1-2/h3-12,26H,1-2H3,(H,23,24,25);2H2,1H3. The molecule has 4 aromatic rings. The number of hydrogen-bond acceptors (Lipinski definition) is 7. The number of nitrogens with two attached hydrogens (primary N) is 1. The summed E-state index contributed by atoms with van der Waals surface area (Å²) in [6, 6.07) is 12.3. The van der Waals surface area contributed by atoms with E-state index in [0.29, 0.717) is 11.4 Å². The number of fused-ring (bicyclic) bond motifs is 1. The number of halogens is 1. The van der Waals surface area contributed by atoms with Crippen LogP contribution < -0.4 is 15.8 Å². The molecular formula is C22H23FN6OS. The molecule has 0 radical (unpaired) electrons. The first-order chi connectivity index (χ1) is 15.0.